The Morgan fingerprint density at radius 3 is 2.30 bits per heavy atom. The second-order valence-electron chi connectivity index (χ2n) is 8.25. The van der Waals surface area contributed by atoms with Gasteiger partial charge in [-0.3, -0.25) is 14.4 Å². The monoisotopic (exact) mass is 451 g/mol. The molecule has 7 nitrogen and oxygen atoms in total. The van der Waals surface area contributed by atoms with Gasteiger partial charge in [-0.1, -0.05) is 43.2 Å². The maximum absolute atomic E-state index is 12.6. The fourth-order valence-corrected chi connectivity index (χ4v) is 3.56. The average molecular weight is 452 g/mol. The van der Waals surface area contributed by atoms with Gasteiger partial charge in [0.25, 0.3) is 0 Å². The molecule has 1 aliphatic heterocycles. The first-order chi connectivity index (χ1) is 15.8. The highest BCUT2D eigenvalue weighted by atomic mass is 16.5. The van der Waals surface area contributed by atoms with Crippen molar-refractivity contribution in [3.8, 4) is 0 Å². The summed E-state index contributed by atoms with van der Waals surface area (Å²) in [7, 11) is 0. The van der Waals surface area contributed by atoms with Gasteiger partial charge in [0.1, 0.15) is 0 Å². The van der Waals surface area contributed by atoms with Gasteiger partial charge in [0.05, 0.1) is 18.1 Å². The summed E-state index contributed by atoms with van der Waals surface area (Å²) in [6, 6.07) is 13.6. The van der Waals surface area contributed by atoms with Gasteiger partial charge in [0.15, 0.2) is 6.10 Å². The molecule has 0 unspecified atom stereocenters. The first-order valence-electron chi connectivity index (χ1n) is 11.2. The maximum Gasteiger partial charge on any atom is 0.338 e. The number of nitrogens with zero attached hydrogens (tertiary/aromatic N) is 1. The number of rotatable bonds is 9. The molecule has 33 heavy (non-hydrogen) atoms. The number of aryl methyl sites for hydroxylation is 1. The van der Waals surface area contributed by atoms with Crippen molar-refractivity contribution in [1.82, 2.24) is 0 Å². The quantitative estimate of drug-likeness (QED) is 0.324. The van der Waals surface area contributed by atoms with E-state index in [1.54, 1.807) is 36.4 Å². The first kappa shape index (κ1) is 24.2. The van der Waals surface area contributed by atoms with Crippen LogP contribution in [0.3, 0.4) is 0 Å². The van der Waals surface area contributed by atoms with Gasteiger partial charge in [-0.15, -0.1) is 0 Å². The first-order valence-corrected chi connectivity index (χ1v) is 11.2. The number of carbonyl (C=O) groups is 4. The minimum Gasteiger partial charge on any atom is -0.462 e. The number of hydrogen-bond donors (Lipinski definition) is 0. The van der Waals surface area contributed by atoms with Crippen molar-refractivity contribution in [3.05, 3.63) is 65.2 Å². The lowest BCUT2D eigenvalue weighted by Gasteiger charge is -2.18. The molecule has 2 aromatic rings. The van der Waals surface area contributed by atoms with E-state index in [1.807, 2.05) is 26.0 Å². The van der Waals surface area contributed by atoms with Gasteiger partial charge < -0.3 is 14.4 Å². The number of hydrogen-bond acceptors (Lipinski definition) is 6. The SMILES string of the molecule is CCCCOC(=O)c1ccc(N2C[C@H](C(=O)O[C@H](C)C(=O)c3ccc(C)cc3)CC2=O)cc1. The molecule has 1 heterocycles. The summed E-state index contributed by atoms with van der Waals surface area (Å²) in [5.74, 6) is -2.14. The van der Waals surface area contributed by atoms with Crippen LogP contribution in [0.5, 0.6) is 0 Å². The molecule has 0 spiro atoms. The van der Waals surface area contributed by atoms with E-state index in [0.29, 0.717) is 23.4 Å². The van der Waals surface area contributed by atoms with Gasteiger partial charge >= 0.3 is 11.9 Å². The van der Waals surface area contributed by atoms with Gasteiger partial charge in [-0.05, 0) is 44.5 Å². The third-order valence-electron chi connectivity index (χ3n) is 5.60. The largest absolute Gasteiger partial charge is 0.462 e. The van der Waals surface area contributed by atoms with E-state index in [9.17, 15) is 19.2 Å². The Balaban J connectivity index is 1.57. The van der Waals surface area contributed by atoms with Gasteiger partial charge in [-0.25, -0.2) is 4.79 Å². The lowest BCUT2D eigenvalue weighted by atomic mass is 10.1. The Labute approximate surface area is 193 Å². The fraction of sp³-hybridized carbons (Fsp3) is 0.385. The van der Waals surface area contributed by atoms with Crippen LogP contribution in [0.1, 0.15) is 59.4 Å². The summed E-state index contributed by atoms with van der Waals surface area (Å²) in [4.78, 5) is 51.2. The number of esters is 2. The van der Waals surface area contributed by atoms with E-state index in [0.717, 1.165) is 18.4 Å². The van der Waals surface area contributed by atoms with E-state index in [4.69, 9.17) is 9.47 Å². The minimum absolute atomic E-state index is 0.00505. The normalized spacial score (nSPS) is 16.4. The molecule has 0 saturated carbocycles. The van der Waals surface area contributed by atoms with Crippen molar-refractivity contribution < 1.29 is 28.7 Å². The van der Waals surface area contributed by atoms with Crippen molar-refractivity contribution >= 4 is 29.3 Å². The summed E-state index contributed by atoms with van der Waals surface area (Å²) in [6.07, 6.45) is 0.803. The Morgan fingerprint density at radius 2 is 1.67 bits per heavy atom. The van der Waals surface area contributed by atoms with Gasteiger partial charge in [-0.2, -0.15) is 0 Å². The summed E-state index contributed by atoms with van der Waals surface area (Å²) in [6.45, 7) is 6.00. The number of anilines is 1. The molecule has 0 N–H and O–H groups in total. The average Bonchev–Trinajstić information content (AvgIpc) is 3.21. The molecule has 1 fully saturated rings. The van der Waals surface area contributed by atoms with Gasteiger partial charge in [0.2, 0.25) is 11.7 Å². The fourth-order valence-electron chi connectivity index (χ4n) is 3.56. The molecule has 2 atom stereocenters. The number of unbranched alkanes of at least 4 members (excludes halogenated alkanes) is 1. The molecule has 0 radical (unpaired) electrons. The molecule has 0 bridgehead atoms. The number of carbonyl (C=O) groups excluding carboxylic acids is 4. The number of amides is 1. The molecule has 0 aromatic heterocycles. The van der Waals surface area contributed by atoms with Crippen molar-refractivity contribution in [2.75, 3.05) is 18.1 Å². The Hall–Kier alpha value is -3.48. The van der Waals surface area contributed by atoms with Crippen molar-refractivity contribution in [2.45, 2.75) is 46.1 Å². The predicted molar refractivity (Wildman–Crippen MR) is 123 cm³/mol. The van der Waals surface area contributed by atoms with E-state index >= 15 is 0 Å². The molecule has 3 rings (SSSR count). The van der Waals surface area contributed by atoms with Gasteiger partial charge in [0, 0.05) is 24.2 Å². The van der Waals surface area contributed by atoms with Crippen LogP contribution >= 0.6 is 0 Å². The number of ketones is 1. The van der Waals surface area contributed by atoms with E-state index in [1.165, 1.54) is 11.8 Å². The van der Waals surface area contributed by atoms with Crippen LogP contribution in [-0.2, 0) is 19.1 Å². The number of benzene rings is 2. The molecular formula is C26H29NO6. The zero-order chi connectivity index (χ0) is 24.0. The second kappa shape index (κ2) is 10.9. The Bertz CT molecular complexity index is 1010. The highest BCUT2D eigenvalue weighted by Crippen LogP contribution is 2.27. The predicted octanol–water partition coefficient (Wildman–Crippen LogP) is 4.12. The standard InChI is InChI=1S/C26H29NO6/c1-4-5-14-32-25(30)20-10-12-22(13-11-20)27-16-21(15-23(27)28)26(31)33-18(3)24(29)19-8-6-17(2)7-9-19/h6-13,18,21H,4-5,14-16H2,1-3H3/t18-,21-/m1/s1. The van der Waals surface area contributed by atoms with Crippen LogP contribution in [0.25, 0.3) is 0 Å². The number of Topliss-reactive ketones (excluding diaryl/α,β-unsaturated/α-hetero) is 1. The van der Waals surface area contributed by atoms with Crippen molar-refractivity contribution in [3.63, 3.8) is 0 Å². The summed E-state index contributed by atoms with van der Waals surface area (Å²) < 4.78 is 10.6. The van der Waals surface area contributed by atoms with Crippen LogP contribution in [0.15, 0.2) is 48.5 Å². The molecular weight excluding hydrogens is 422 g/mol. The highest BCUT2D eigenvalue weighted by Gasteiger charge is 2.37. The minimum atomic E-state index is -0.942. The van der Waals surface area contributed by atoms with E-state index in [2.05, 4.69) is 0 Å². The van der Waals surface area contributed by atoms with Crippen LogP contribution < -0.4 is 4.90 Å². The third kappa shape index (κ3) is 6.06. The summed E-state index contributed by atoms with van der Waals surface area (Å²) in [5.41, 5.74) is 2.49. The molecule has 1 amide bonds. The van der Waals surface area contributed by atoms with Crippen molar-refractivity contribution in [1.29, 1.82) is 0 Å². The Morgan fingerprint density at radius 1 is 1.03 bits per heavy atom. The van der Waals surface area contributed by atoms with Crippen LogP contribution in [-0.4, -0.2) is 42.9 Å². The second-order valence-corrected chi connectivity index (χ2v) is 8.25. The topological polar surface area (TPSA) is 90.0 Å². The Kier molecular flexibility index (Phi) is 7.98. The maximum atomic E-state index is 12.6. The summed E-state index contributed by atoms with van der Waals surface area (Å²) >= 11 is 0. The zero-order valence-electron chi connectivity index (χ0n) is 19.2. The molecule has 7 heteroatoms. The smallest absolute Gasteiger partial charge is 0.338 e. The third-order valence-corrected chi connectivity index (χ3v) is 5.60. The number of ether oxygens (including phenoxy) is 2. The van der Waals surface area contributed by atoms with Crippen molar-refractivity contribution in [2.24, 2.45) is 5.92 Å². The lowest BCUT2D eigenvalue weighted by Crippen LogP contribution is -2.30. The summed E-state index contributed by atoms with van der Waals surface area (Å²) in [5, 5.41) is 0. The van der Waals surface area contributed by atoms with E-state index in [-0.39, 0.29) is 24.7 Å². The van der Waals surface area contributed by atoms with Crippen LogP contribution in [0.2, 0.25) is 0 Å². The van der Waals surface area contributed by atoms with E-state index < -0.39 is 24.0 Å². The molecule has 174 valence electrons. The molecule has 1 saturated heterocycles. The highest BCUT2D eigenvalue weighted by molar-refractivity contribution is 6.02. The van der Waals surface area contributed by atoms with Crippen LogP contribution in [0.4, 0.5) is 5.69 Å². The molecule has 0 aliphatic carbocycles. The lowest BCUT2D eigenvalue weighted by molar-refractivity contribution is -0.151. The molecule has 1 aliphatic rings. The molecule has 2 aromatic carbocycles. The zero-order valence-corrected chi connectivity index (χ0v) is 19.2. The van der Waals surface area contributed by atoms with Crippen LogP contribution in [0, 0.1) is 12.8 Å².